The second-order valence-corrected chi connectivity index (χ2v) is 10.3. The van der Waals surface area contributed by atoms with E-state index >= 15 is 0 Å². The van der Waals surface area contributed by atoms with Gasteiger partial charge in [-0.1, -0.05) is 30.9 Å². The number of carbonyl (C=O) groups is 4. The van der Waals surface area contributed by atoms with E-state index in [9.17, 15) is 29.4 Å². The molecule has 2 aromatic heterocycles. The number of aromatic nitrogens is 2. The number of hydrogen-bond donors (Lipinski definition) is 5. The first-order valence-electron chi connectivity index (χ1n) is 13.5. The lowest BCUT2D eigenvalue weighted by molar-refractivity contribution is -0.138. The van der Waals surface area contributed by atoms with E-state index in [-0.39, 0.29) is 25.7 Å². The minimum atomic E-state index is -0.942. The van der Waals surface area contributed by atoms with Crippen LogP contribution in [0.1, 0.15) is 78.6 Å². The van der Waals surface area contributed by atoms with Crippen LogP contribution in [0, 0.1) is 13.8 Å². The molecule has 0 aliphatic rings. The SMILES string of the molecule is C=C/C(C(N)=O)=C(\C)Cc1[nH]c(Cc2[nH]c(C=NC(=O)/C(C)=C(\C)C=C)c(C)c2CCC(=O)O)c(CCC(=O)O)c1C. The Morgan fingerprint density at radius 1 is 0.857 bits per heavy atom. The van der Waals surface area contributed by atoms with Crippen LogP contribution in [0.2, 0.25) is 0 Å². The van der Waals surface area contributed by atoms with Crippen LogP contribution in [0.15, 0.2) is 52.6 Å². The number of aliphatic imine (C=N–C) groups is 1. The first kappa shape index (κ1) is 33.5. The minimum Gasteiger partial charge on any atom is -0.481 e. The van der Waals surface area contributed by atoms with Gasteiger partial charge in [-0.2, -0.15) is 0 Å². The lowest BCUT2D eigenvalue weighted by Gasteiger charge is -2.07. The van der Waals surface area contributed by atoms with Crippen molar-refractivity contribution in [3.63, 3.8) is 0 Å². The predicted molar refractivity (Wildman–Crippen MR) is 163 cm³/mol. The summed E-state index contributed by atoms with van der Waals surface area (Å²) in [5, 5.41) is 18.7. The van der Waals surface area contributed by atoms with Crippen LogP contribution in [0.3, 0.4) is 0 Å². The van der Waals surface area contributed by atoms with E-state index < -0.39 is 23.8 Å². The second-order valence-electron chi connectivity index (χ2n) is 10.3. The zero-order valence-corrected chi connectivity index (χ0v) is 24.9. The molecule has 6 N–H and O–H groups in total. The molecule has 0 atom stereocenters. The van der Waals surface area contributed by atoms with Gasteiger partial charge in [-0.15, -0.1) is 0 Å². The number of carboxylic acid groups (broad SMARTS) is 2. The molecule has 0 spiro atoms. The predicted octanol–water partition coefficient (Wildman–Crippen LogP) is 4.58. The van der Waals surface area contributed by atoms with Gasteiger partial charge in [0.25, 0.3) is 5.91 Å². The highest BCUT2D eigenvalue weighted by Gasteiger charge is 2.21. The van der Waals surface area contributed by atoms with Crippen LogP contribution in [0.5, 0.6) is 0 Å². The summed E-state index contributed by atoms with van der Waals surface area (Å²) in [6, 6.07) is 0. The van der Waals surface area contributed by atoms with E-state index in [1.165, 1.54) is 12.3 Å². The fourth-order valence-corrected chi connectivity index (χ4v) is 4.79. The third-order valence-corrected chi connectivity index (χ3v) is 7.51. The van der Waals surface area contributed by atoms with Gasteiger partial charge >= 0.3 is 11.9 Å². The summed E-state index contributed by atoms with van der Waals surface area (Å²) in [6.07, 6.45) is 5.51. The van der Waals surface area contributed by atoms with Crippen LogP contribution >= 0.6 is 0 Å². The van der Waals surface area contributed by atoms with Crippen molar-refractivity contribution in [3.05, 3.63) is 92.6 Å². The van der Waals surface area contributed by atoms with Gasteiger partial charge in [0.2, 0.25) is 5.91 Å². The maximum atomic E-state index is 12.6. The molecule has 0 unspecified atom stereocenters. The monoisotopic (exact) mass is 576 g/mol. The molecule has 10 nitrogen and oxygen atoms in total. The molecule has 0 aliphatic carbocycles. The number of hydrogen-bond acceptors (Lipinski definition) is 4. The van der Waals surface area contributed by atoms with Crippen molar-refractivity contribution in [1.82, 2.24) is 9.97 Å². The van der Waals surface area contributed by atoms with Gasteiger partial charge in [0, 0.05) is 53.9 Å². The summed E-state index contributed by atoms with van der Waals surface area (Å²) in [6.45, 7) is 16.3. The molecule has 0 aromatic carbocycles. The van der Waals surface area contributed by atoms with Gasteiger partial charge in [-0.05, 0) is 75.3 Å². The summed E-state index contributed by atoms with van der Waals surface area (Å²) in [7, 11) is 0. The van der Waals surface area contributed by atoms with Crippen molar-refractivity contribution in [2.45, 2.75) is 73.1 Å². The molecule has 2 amide bonds. The molecule has 0 aliphatic heterocycles. The average molecular weight is 577 g/mol. The molecule has 10 heteroatoms. The van der Waals surface area contributed by atoms with Crippen molar-refractivity contribution in [2.75, 3.05) is 0 Å². The number of aliphatic carboxylic acids is 2. The van der Waals surface area contributed by atoms with Crippen molar-refractivity contribution < 1.29 is 29.4 Å². The Balaban J connectivity index is 2.62. The Labute approximate surface area is 245 Å². The standard InChI is InChI=1S/C32H40N4O6/c1-8-17(3)19(5)32(42)34-16-28-21(7)24(11-13-30(39)40)27(36-28)15-26-23(10-12-29(37)38)20(6)25(35-26)14-18(4)22(9-2)31(33)41/h8-9,16,35-36H,1-2,10-15H2,3-7H3,(H2,33,41)(H,37,38)(H,39,40)/b19-17+,22-18-,34-16?. The number of aromatic amines is 2. The number of carbonyl (C=O) groups excluding carboxylic acids is 2. The number of carboxylic acids is 2. The maximum Gasteiger partial charge on any atom is 0.303 e. The smallest absolute Gasteiger partial charge is 0.303 e. The van der Waals surface area contributed by atoms with E-state index in [0.717, 1.165) is 50.5 Å². The van der Waals surface area contributed by atoms with Crippen LogP contribution in [-0.2, 0) is 44.9 Å². The Hall–Kier alpha value is -4.73. The van der Waals surface area contributed by atoms with Gasteiger partial charge in [0.1, 0.15) is 0 Å². The van der Waals surface area contributed by atoms with Gasteiger partial charge < -0.3 is 25.9 Å². The molecular formula is C32H40N4O6. The molecular weight excluding hydrogens is 536 g/mol. The Bertz CT molecular complexity index is 1510. The summed E-state index contributed by atoms with van der Waals surface area (Å²) < 4.78 is 0. The van der Waals surface area contributed by atoms with Gasteiger partial charge in [0.05, 0.1) is 11.9 Å². The van der Waals surface area contributed by atoms with Crippen LogP contribution in [-0.4, -0.2) is 50.1 Å². The lowest BCUT2D eigenvalue weighted by Crippen LogP contribution is -2.14. The van der Waals surface area contributed by atoms with Gasteiger partial charge in [-0.3, -0.25) is 19.2 Å². The van der Waals surface area contributed by atoms with Gasteiger partial charge in [0.15, 0.2) is 0 Å². The average Bonchev–Trinajstić information content (AvgIpc) is 3.37. The highest BCUT2D eigenvalue weighted by atomic mass is 16.4. The third-order valence-electron chi connectivity index (χ3n) is 7.51. The minimum absolute atomic E-state index is 0.0776. The van der Waals surface area contributed by atoms with E-state index in [0.29, 0.717) is 29.7 Å². The maximum absolute atomic E-state index is 12.6. The van der Waals surface area contributed by atoms with Crippen molar-refractivity contribution in [1.29, 1.82) is 0 Å². The van der Waals surface area contributed by atoms with Crippen LogP contribution in [0.4, 0.5) is 0 Å². The number of nitrogens with zero attached hydrogens (tertiary/aromatic N) is 1. The Morgan fingerprint density at radius 3 is 1.90 bits per heavy atom. The van der Waals surface area contributed by atoms with E-state index in [1.807, 2.05) is 13.8 Å². The quantitative estimate of drug-likeness (QED) is 0.118. The fourth-order valence-electron chi connectivity index (χ4n) is 4.79. The Morgan fingerprint density at radius 2 is 1.40 bits per heavy atom. The summed E-state index contributed by atoms with van der Waals surface area (Å²) in [4.78, 5) is 58.1. The van der Waals surface area contributed by atoms with Crippen LogP contribution in [0.25, 0.3) is 0 Å². The van der Waals surface area contributed by atoms with Crippen molar-refractivity contribution >= 4 is 30.0 Å². The summed E-state index contributed by atoms with van der Waals surface area (Å²) >= 11 is 0. The van der Waals surface area contributed by atoms with E-state index in [2.05, 4.69) is 28.1 Å². The first-order chi connectivity index (χ1) is 19.7. The molecule has 0 saturated heterocycles. The molecule has 224 valence electrons. The normalized spacial score (nSPS) is 12.6. The summed E-state index contributed by atoms with van der Waals surface area (Å²) in [5.41, 5.74) is 13.9. The summed E-state index contributed by atoms with van der Waals surface area (Å²) in [5.74, 6) is -2.86. The first-order valence-corrected chi connectivity index (χ1v) is 13.5. The topological polar surface area (TPSA) is 179 Å². The van der Waals surface area contributed by atoms with Crippen molar-refractivity contribution in [2.24, 2.45) is 10.7 Å². The molecule has 42 heavy (non-hydrogen) atoms. The van der Waals surface area contributed by atoms with E-state index in [4.69, 9.17) is 5.73 Å². The molecule has 0 fully saturated rings. The molecule has 0 radical (unpaired) electrons. The number of rotatable bonds is 15. The molecule has 2 aromatic rings. The van der Waals surface area contributed by atoms with E-state index in [1.54, 1.807) is 26.8 Å². The number of allylic oxidation sites excluding steroid dienone is 3. The number of nitrogens with two attached hydrogens (primary N) is 1. The second kappa shape index (κ2) is 14.8. The number of H-pyrrole nitrogens is 2. The Kier molecular flexibility index (Phi) is 11.8. The zero-order chi connectivity index (χ0) is 31.7. The third kappa shape index (κ3) is 8.39. The lowest BCUT2D eigenvalue weighted by atomic mass is 9.97. The van der Waals surface area contributed by atoms with Crippen LogP contribution < -0.4 is 5.73 Å². The van der Waals surface area contributed by atoms with Crippen molar-refractivity contribution in [3.8, 4) is 0 Å². The largest absolute Gasteiger partial charge is 0.481 e. The van der Waals surface area contributed by atoms with Gasteiger partial charge in [-0.25, -0.2) is 4.99 Å². The molecule has 2 heterocycles. The number of primary amides is 1. The number of nitrogens with one attached hydrogen (secondary N) is 2. The molecule has 0 bridgehead atoms. The molecule has 2 rings (SSSR count). The fraction of sp³-hybridized carbons (Fsp3) is 0.344. The highest BCUT2D eigenvalue weighted by molar-refractivity contribution is 6.01. The highest BCUT2D eigenvalue weighted by Crippen LogP contribution is 2.28. The number of amides is 2. The zero-order valence-electron chi connectivity index (χ0n) is 24.9. The molecule has 0 saturated carbocycles.